The highest BCUT2D eigenvalue weighted by Crippen LogP contribution is 2.21. The minimum atomic E-state index is -0.573. The number of nitro benzene ring substituents is 1. The Balaban J connectivity index is 1.80. The topological polar surface area (TPSA) is 107 Å². The van der Waals surface area contributed by atoms with E-state index < -0.39 is 11.0 Å². The molecule has 1 amide bonds. The lowest BCUT2D eigenvalue weighted by atomic mass is 10.2. The molecule has 0 saturated heterocycles. The van der Waals surface area contributed by atoms with Crippen LogP contribution in [0.1, 0.15) is 11.1 Å². The van der Waals surface area contributed by atoms with Crippen LogP contribution in [0.2, 0.25) is 0 Å². The number of hydrogen-bond acceptors (Lipinski definition) is 5. The number of benzene rings is 2. The highest BCUT2D eigenvalue weighted by atomic mass is 16.6. The molecular weight excluding hydrogens is 310 g/mol. The van der Waals surface area contributed by atoms with Crippen LogP contribution < -0.4 is 11.1 Å². The maximum Gasteiger partial charge on any atom is 0.408 e. The Labute approximate surface area is 138 Å². The summed E-state index contributed by atoms with van der Waals surface area (Å²) < 4.78 is 5.03. The van der Waals surface area contributed by atoms with Gasteiger partial charge in [0.2, 0.25) is 0 Å². The van der Waals surface area contributed by atoms with Crippen molar-refractivity contribution in [2.75, 3.05) is 12.3 Å². The lowest BCUT2D eigenvalue weighted by Gasteiger charge is -2.04. The Morgan fingerprint density at radius 3 is 2.67 bits per heavy atom. The molecule has 2 aromatic carbocycles. The number of amides is 1. The van der Waals surface area contributed by atoms with E-state index in [1.165, 1.54) is 18.2 Å². The van der Waals surface area contributed by atoms with Gasteiger partial charge in [-0.25, -0.2) is 4.79 Å². The van der Waals surface area contributed by atoms with Gasteiger partial charge in [0.1, 0.15) is 12.3 Å². The molecule has 0 saturated carbocycles. The molecule has 122 valence electrons. The van der Waals surface area contributed by atoms with Crippen molar-refractivity contribution < 1.29 is 14.5 Å². The van der Waals surface area contributed by atoms with Crippen molar-refractivity contribution in [1.82, 2.24) is 5.32 Å². The number of hydrogen-bond donors (Lipinski definition) is 2. The SMILES string of the molecule is Nc1cc(C#CCNC(=O)OCc2ccccc2)ccc1[N+](=O)[O-]. The van der Waals surface area contributed by atoms with Crippen LogP contribution in [0, 0.1) is 22.0 Å². The molecule has 24 heavy (non-hydrogen) atoms. The number of carbonyl (C=O) groups is 1. The number of nitrogens with one attached hydrogen (secondary N) is 1. The first-order chi connectivity index (χ1) is 11.6. The van der Waals surface area contributed by atoms with E-state index >= 15 is 0 Å². The summed E-state index contributed by atoms with van der Waals surface area (Å²) in [6.45, 7) is 0.267. The first kappa shape index (κ1) is 16.8. The fourth-order valence-electron chi connectivity index (χ4n) is 1.84. The summed E-state index contributed by atoms with van der Waals surface area (Å²) >= 11 is 0. The third-order valence-corrected chi connectivity index (χ3v) is 2.99. The van der Waals surface area contributed by atoms with Crippen LogP contribution in [0.3, 0.4) is 0 Å². The second-order valence-electron chi connectivity index (χ2n) is 4.75. The van der Waals surface area contributed by atoms with E-state index in [9.17, 15) is 14.9 Å². The molecule has 0 radical (unpaired) electrons. The van der Waals surface area contributed by atoms with Gasteiger partial charge < -0.3 is 15.8 Å². The van der Waals surface area contributed by atoms with Crippen molar-refractivity contribution >= 4 is 17.5 Å². The molecule has 0 heterocycles. The summed E-state index contributed by atoms with van der Waals surface area (Å²) in [5.74, 6) is 5.48. The summed E-state index contributed by atoms with van der Waals surface area (Å²) in [5.41, 5.74) is 6.86. The predicted octanol–water partition coefficient (Wildman–Crippen LogP) is 2.45. The molecule has 0 aliphatic heterocycles. The van der Waals surface area contributed by atoms with Gasteiger partial charge >= 0.3 is 6.09 Å². The molecular formula is C17H15N3O4. The zero-order valence-corrected chi connectivity index (χ0v) is 12.7. The van der Waals surface area contributed by atoms with Crippen molar-refractivity contribution in [1.29, 1.82) is 0 Å². The van der Waals surface area contributed by atoms with E-state index in [2.05, 4.69) is 17.2 Å². The average molecular weight is 325 g/mol. The molecule has 0 spiro atoms. The molecule has 2 rings (SSSR count). The van der Waals surface area contributed by atoms with E-state index in [-0.39, 0.29) is 24.5 Å². The molecule has 2 aromatic rings. The van der Waals surface area contributed by atoms with Crippen molar-refractivity contribution in [3.8, 4) is 11.8 Å². The molecule has 0 aromatic heterocycles. The number of rotatable bonds is 4. The predicted molar refractivity (Wildman–Crippen MR) is 89.0 cm³/mol. The van der Waals surface area contributed by atoms with Crippen LogP contribution in [0.5, 0.6) is 0 Å². The summed E-state index contributed by atoms with van der Waals surface area (Å²) in [5, 5.41) is 13.2. The summed E-state index contributed by atoms with van der Waals surface area (Å²) in [4.78, 5) is 21.6. The fourth-order valence-corrected chi connectivity index (χ4v) is 1.84. The number of carbonyl (C=O) groups excluding carboxylic acids is 1. The monoisotopic (exact) mass is 325 g/mol. The van der Waals surface area contributed by atoms with Gasteiger partial charge in [-0.2, -0.15) is 0 Å². The first-order valence-corrected chi connectivity index (χ1v) is 7.03. The number of nitrogens with zero attached hydrogens (tertiary/aromatic N) is 1. The number of nitro groups is 1. The second kappa shape index (κ2) is 8.19. The van der Waals surface area contributed by atoms with Gasteiger partial charge in [-0.3, -0.25) is 10.1 Å². The largest absolute Gasteiger partial charge is 0.445 e. The van der Waals surface area contributed by atoms with Gasteiger partial charge in [0.15, 0.2) is 0 Å². The highest BCUT2D eigenvalue weighted by molar-refractivity contribution is 5.67. The molecule has 0 bridgehead atoms. The minimum Gasteiger partial charge on any atom is -0.445 e. The van der Waals surface area contributed by atoms with Crippen molar-refractivity contribution in [2.45, 2.75) is 6.61 Å². The minimum absolute atomic E-state index is 0.0435. The fraction of sp³-hybridized carbons (Fsp3) is 0.118. The standard InChI is InChI=1S/C17H15N3O4/c18-15-11-13(8-9-16(15)20(22)23)7-4-10-19-17(21)24-12-14-5-2-1-3-6-14/h1-3,5-6,8-9,11H,10,12,18H2,(H,19,21). The quantitative estimate of drug-likeness (QED) is 0.388. The first-order valence-electron chi connectivity index (χ1n) is 7.03. The van der Waals surface area contributed by atoms with Crippen LogP contribution >= 0.6 is 0 Å². The molecule has 0 atom stereocenters. The summed E-state index contributed by atoms with van der Waals surface area (Å²) in [6.07, 6.45) is -0.573. The van der Waals surface area contributed by atoms with Crippen LogP contribution in [0.15, 0.2) is 48.5 Å². The average Bonchev–Trinajstić information content (AvgIpc) is 2.57. The van der Waals surface area contributed by atoms with E-state index in [1.54, 1.807) is 0 Å². The molecule has 0 aliphatic carbocycles. The number of nitrogen functional groups attached to an aromatic ring is 1. The van der Waals surface area contributed by atoms with Gasteiger partial charge in [0.25, 0.3) is 5.69 Å². The van der Waals surface area contributed by atoms with Crippen LogP contribution in [0.4, 0.5) is 16.2 Å². The van der Waals surface area contributed by atoms with Gasteiger partial charge in [-0.1, -0.05) is 42.2 Å². The van der Waals surface area contributed by atoms with Crippen LogP contribution in [-0.4, -0.2) is 17.6 Å². The molecule has 7 nitrogen and oxygen atoms in total. The Morgan fingerprint density at radius 2 is 2.00 bits per heavy atom. The Morgan fingerprint density at radius 1 is 1.25 bits per heavy atom. The zero-order chi connectivity index (χ0) is 17.4. The lowest BCUT2D eigenvalue weighted by molar-refractivity contribution is -0.383. The number of nitrogens with two attached hydrogens (primary N) is 1. The number of ether oxygens (including phenoxy) is 1. The Bertz CT molecular complexity index is 794. The third-order valence-electron chi connectivity index (χ3n) is 2.99. The van der Waals surface area contributed by atoms with Crippen molar-refractivity contribution in [3.05, 3.63) is 69.8 Å². The summed E-state index contributed by atoms with van der Waals surface area (Å²) in [6, 6.07) is 13.5. The zero-order valence-electron chi connectivity index (χ0n) is 12.7. The van der Waals surface area contributed by atoms with Crippen LogP contribution in [-0.2, 0) is 11.3 Å². The van der Waals surface area contributed by atoms with Gasteiger partial charge in [-0.05, 0) is 17.7 Å². The van der Waals surface area contributed by atoms with Crippen LogP contribution in [0.25, 0.3) is 0 Å². The third kappa shape index (κ3) is 5.03. The maximum atomic E-state index is 11.5. The Hall–Kier alpha value is -3.53. The molecule has 0 fully saturated rings. The summed E-state index contributed by atoms with van der Waals surface area (Å²) in [7, 11) is 0. The smallest absolute Gasteiger partial charge is 0.408 e. The number of anilines is 1. The highest BCUT2D eigenvalue weighted by Gasteiger charge is 2.10. The van der Waals surface area contributed by atoms with E-state index in [0.29, 0.717) is 5.56 Å². The molecule has 0 aliphatic rings. The van der Waals surface area contributed by atoms with E-state index in [0.717, 1.165) is 5.56 Å². The number of alkyl carbamates (subject to hydrolysis) is 1. The Kier molecular flexibility index (Phi) is 5.75. The van der Waals surface area contributed by atoms with Gasteiger partial charge in [0.05, 0.1) is 11.5 Å². The molecule has 7 heteroatoms. The maximum absolute atomic E-state index is 11.5. The second-order valence-corrected chi connectivity index (χ2v) is 4.75. The van der Waals surface area contributed by atoms with Gasteiger partial charge in [0, 0.05) is 11.6 Å². The molecule has 0 unspecified atom stereocenters. The normalized spacial score (nSPS) is 9.50. The lowest BCUT2D eigenvalue weighted by Crippen LogP contribution is -2.24. The van der Waals surface area contributed by atoms with E-state index in [4.69, 9.17) is 10.5 Å². The molecule has 3 N–H and O–H groups in total. The van der Waals surface area contributed by atoms with Crippen molar-refractivity contribution in [2.24, 2.45) is 0 Å². The van der Waals surface area contributed by atoms with E-state index in [1.807, 2.05) is 30.3 Å². The van der Waals surface area contributed by atoms with Crippen molar-refractivity contribution in [3.63, 3.8) is 0 Å². The van der Waals surface area contributed by atoms with Gasteiger partial charge in [-0.15, -0.1) is 0 Å².